The van der Waals surface area contributed by atoms with Gasteiger partial charge in [0.05, 0.1) is 16.3 Å². The van der Waals surface area contributed by atoms with Crippen LogP contribution in [0.2, 0.25) is 0 Å². The summed E-state index contributed by atoms with van der Waals surface area (Å²) >= 11 is 0. The van der Waals surface area contributed by atoms with Crippen molar-refractivity contribution in [3.63, 3.8) is 0 Å². The second-order valence-corrected chi connectivity index (χ2v) is 10.3. The Labute approximate surface area is 220 Å². The van der Waals surface area contributed by atoms with Crippen LogP contribution in [0, 0.1) is 0 Å². The second-order valence-electron chi connectivity index (χ2n) is 8.66. The molecule has 1 saturated heterocycles. The molecule has 1 aliphatic rings. The summed E-state index contributed by atoms with van der Waals surface area (Å²) in [4.78, 5) is 23.9. The monoisotopic (exact) mass is 558 g/mol. The standard InChI is InChI=1S/C23H32N4O3S.C2HF3O2/c1-4-17(3)25-23(28)19-8-11-22(27-14-12-24-13-15-27)21(16-19)26-31(29,30)20-9-6-18(5-2)7-10-20;3-2(4,5)1(6)7/h6-11,16-17,24,26H,4-5,12-15H2,1-3H3,(H,25,28);(H,6,7). The lowest BCUT2D eigenvalue weighted by Gasteiger charge is -2.31. The lowest BCUT2D eigenvalue weighted by Crippen LogP contribution is -2.43. The Morgan fingerprint density at radius 1 is 1.08 bits per heavy atom. The Kier molecular flexibility index (Phi) is 11.0. The van der Waals surface area contributed by atoms with Gasteiger partial charge in [0, 0.05) is 37.8 Å². The molecule has 1 atom stereocenters. The Hall–Kier alpha value is -3.32. The summed E-state index contributed by atoms with van der Waals surface area (Å²) < 4.78 is 60.7. The minimum atomic E-state index is -5.08. The third-order valence-electron chi connectivity index (χ3n) is 5.84. The fourth-order valence-corrected chi connectivity index (χ4v) is 4.52. The number of amides is 1. The number of anilines is 2. The summed E-state index contributed by atoms with van der Waals surface area (Å²) in [7, 11) is -3.79. The van der Waals surface area contributed by atoms with E-state index >= 15 is 0 Å². The topological polar surface area (TPSA) is 128 Å². The predicted molar refractivity (Wildman–Crippen MR) is 139 cm³/mol. The maximum absolute atomic E-state index is 13.1. The number of carbonyl (C=O) groups is 2. The van der Waals surface area contributed by atoms with Crippen molar-refractivity contribution in [2.24, 2.45) is 0 Å². The van der Waals surface area contributed by atoms with Crippen molar-refractivity contribution in [1.29, 1.82) is 0 Å². The first-order valence-electron chi connectivity index (χ1n) is 12.1. The van der Waals surface area contributed by atoms with Crippen LogP contribution in [0.3, 0.4) is 0 Å². The number of alkyl halides is 3. The van der Waals surface area contributed by atoms with Gasteiger partial charge in [-0.1, -0.05) is 26.0 Å². The maximum atomic E-state index is 13.1. The second kappa shape index (κ2) is 13.5. The Balaban J connectivity index is 0.000000638. The van der Waals surface area contributed by atoms with Crippen molar-refractivity contribution in [1.82, 2.24) is 10.6 Å². The number of benzene rings is 2. The van der Waals surface area contributed by atoms with E-state index in [9.17, 15) is 26.4 Å². The van der Waals surface area contributed by atoms with Crippen molar-refractivity contribution < 1.29 is 36.3 Å². The highest BCUT2D eigenvalue weighted by Gasteiger charge is 2.38. The molecule has 0 bridgehead atoms. The quantitative estimate of drug-likeness (QED) is 0.390. The Morgan fingerprint density at radius 2 is 1.66 bits per heavy atom. The number of carboxylic acid groups (broad SMARTS) is 1. The molecule has 0 radical (unpaired) electrons. The van der Waals surface area contributed by atoms with Crippen LogP contribution in [0.1, 0.15) is 43.1 Å². The smallest absolute Gasteiger partial charge is 0.475 e. The van der Waals surface area contributed by atoms with Crippen LogP contribution < -0.4 is 20.3 Å². The Morgan fingerprint density at radius 3 is 2.16 bits per heavy atom. The molecule has 2 aromatic carbocycles. The number of hydrogen-bond acceptors (Lipinski definition) is 6. The highest BCUT2D eigenvalue weighted by Crippen LogP contribution is 2.30. The number of sulfonamides is 1. The van der Waals surface area contributed by atoms with Crippen LogP contribution in [-0.4, -0.2) is 63.8 Å². The zero-order valence-corrected chi connectivity index (χ0v) is 22.2. The van der Waals surface area contributed by atoms with Gasteiger partial charge in [-0.05, 0) is 55.7 Å². The zero-order valence-electron chi connectivity index (χ0n) is 21.4. The molecule has 2 aromatic rings. The Bertz CT molecular complexity index is 1200. The molecule has 38 heavy (non-hydrogen) atoms. The van der Waals surface area contributed by atoms with E-state index in [2.05, 4.69) is 20.3 Å². The summed E-state index contributed by atoms with van der Waals surface area (Å²) in [6.45, 7) is 9.13. The summed E-state index contributed by atoms with van der Waals surface area (Å²) in [5, 5.41) is 13.4. The van der Waals surface area contributed by atoms with E-state index in [0.29, 0.717) is 11.3 Å². The van der Waals surface area contributed by atoms with Gasteiger partial charge in [0.2, 0.25) is 0 Å². The van der Waals surface area contributed by atoms with Crippen molar-refractivity contribution >= 4 is 33.3 Å². The number of aryl methyl sites for hydroxylation is 1. The molecule has 1 aliphatic heterocycles. The molecule has 13 heteroatoms. The van der Waals surface area contributed by atoms with Gasteiger partial charge in [-0.25, -0.2) is 13.2 Å². The predicted octanol–water partition coefficient (Wildman–Crippen LogP) is 3.62. The van der Waals surface area contributed by atoms with Crippen molar-refractivity contribution in [2.45, 2.75) is 50.7 Å². The maximum Gasteiger partial charge on any atom is 0.490 e. The molecule has 3 rings (SSSR count). The van der Waals surface area contributed by atoms with Crippen molar-refractivity contribution in [3.05, 3.63) is 53.6 Å². The third-order valence-corrected chi connectivity index (χ3v) is 7.22. The highest BCUT2D eigenvalue weighted by atomic mass is 32.2. The van der Waals surface area contributed by atoms with Crippen LogP contribution in [0.4, 0.5) is 24.5 Å². The molecule has 1 amide bonds. The average molecular weight is 559 g/mol. The molecule has 1 fully saturated rings. The first-order valence-corrected chi connectivity index (χ1v) is 13.6. The first kappa shape index (κ1) is 30.9. The van der Waals surface area contributed by atoms with Crippen LogP contribution in [0.15, 0.2) is 47.4 Å². The van der Waals surface area contributed by atoms with E-state index in [1.165, 1.54) is 0 Å². The summed E-state index contributed by atoms with van der Waals surface area (Å²) in [6.07, 6.45) is -3.42. The van der Waals surface area contributed by atoms with E-state index in [0.717, 1.165) is 50.3 Å². The molecule has 1 heterocycles. The highest BCUT2D eigenvalue weighted by molar-refractivity contribution is 7.92. The number of halogens is 3. The average Bonchev–Trinajstić information content (AvgIpc) is 2.88. The normalized spacial score (nSPS) is 14.6. The molecule has 4 N–H and O–H groups in total. The van der Waals surface area contributed by atoms with Gasteiger partial charge in [0.15, 0.2) is 0 Å². The summed E-state index contributed by atoms with van der Waals surface area (Å²) in [5.74, 6) is -2.97. The van der Waals surface area contributed by atoms with Crippen LogP contribution >= 0.6 is 0 Å². The lowest BCUT2D eigenvalue weighted by molar-refractivity contribution is -0.192. The van der Waals surface area contributed by atoms with E-state index in [-0.39, 0.29) is 16.8 Å². The van der Waals surface area contributed by atoms with Crippen LogP contribution in [0.5, 0.6) is 0 Å². The molecule has 1 unspecified atom stereocenters. The van der Waals surface area contributed by atoms with Gasteiger partial charge in [0.1, 0.15) is 0 Å². The summed E-state index contributed by atoms with van der Waals surface area (Å²) in [5.41, 5.74) is 2.69. The number of hydrogen-bond donors (Lipinski definition) is 4. The minimum absolute atomic E-state index is 0.0394. The van der Waals surface area contributed by atoms with E-state index in [1.807, 2.05) is 39.0 Å². The van der Waals surface area contributed by atoms with E-state index in [1.54, 1.807) is 24.3 Å². The number of nitrogens with zero attached hydrogens (tertiary/aromatic N) is 1. The minimum Gasteiger partial charge on any atom is -0.475 e. The SMILES string of the molecule is CCc1ccc(S(=O)(=O)Nc2cc(C(=O)NC(C)CC)ccc2N2CCNCC2)cc1.O=C(O)C(F)(F)F. The van der Waals surface area contributed by atoms with Gasteiger partial charge < -0.3 is 20.6 Å². The number of carboxylic acids is 1. The van der Waals surface area contributed by atoms with Gasteiger partial charge in [-0.2, -0.15) is 13.2 Å². The molecule has 0 aliphatic carbocycles. The molecule has 9 nitrogen and oxygen atoms in total. The van der Waals surface area contributed by atoms with E-state index in [4.69, 9.17) is 9.90 Å². The summed E-state index contributed by atoms with van der Waals surface area (Å²) in [6, 6.07) is 12.1. The van der Waals surface area contributed by atoms with Gasteiger partial charge in [-0.3, -0.25) is 9.52 Å². The van der Waals surface area contributed by atoms with Crippen molar-refractivity contribution in [3.8, 4) is 0 Å². The van der Waals surface area contributed by atoms with Gasteiger partial charge in [-0.15, -0.1) is 0 Å². The fraction of sp³-hybridized carbons (Fsp3) is 0.440. The van der Waals surface area contributed by atoms with Gasteiger partial charge >= 0.3 is 12.1 Å². The number of nitrogens with one attached hydrogen (secondary N) is 3. The largest absolute Gasteiger partial charge is 0.490 e. The lowest BCUT2D eigenvalue weighted by atomic mass is 10.1. The van der Waals surface area contributed by atoms with Crippen molar-refractivity contribution in [2.75, 3.05) is 35.8 Å². The number of rotatable bonds is 8. The zero-order chi connectivity index (χ0) is 28.5. The number of carbonyl (C=O) groups excluding carboxylic acids is 1. The van der Waals surface area contributed by atoms with Crippen LogP contribution in [0.25, 0.3) is 0 Å². The fourth-order valence-electron chi connectivity index (χ4n) is 3.46. The molecule has 0 aromatic heterocycles. The first-order chi connectivity index (χ1) is 17.8. The van der Waals surface area contributed by atoms with E-state index < -0.39 is 22.2 Å². The molecular weight excluding hydrogens is 525 g/mol. The number of piperazine rings is 1. The molecule has 210 valence electrons. The molecule has 0 spiro atoms. The third kappa shape index (κ3) is 8.91. The van der Waals surface area contributed by atoms with Crippen LogP contribution in [-0.2, 0) is 21.2 Å². The molecular formula is C25H33F3N4O5S. The number of aliphatic carboxylic acids is 1. The van der Waals surface area contributed by atoms with Gasteiger partial charge in [0.25, 0.3) is 15.9 Å². The molecule has 0 saturated carbocycles.